The number of esters is 4. The van der Waals surface area contributed by atoms with Crippen LogP contribution in [0.25, 0.3) is 0 Å². The average molecular weight is 461 g/mol. The Hall–Kier alpha value is -2.20. The highest BCUT2D eigenvalue weighted by atomic mass is 16.7. The van der Waals surface area contributed by atoms with Gasteiger partial charge in [0.15, 0.2) is 24.6 Å². The molecule has 0 aromatic rings. The highest BCUT2D eigenvalue weighted by molar-refractivity contribution is 5.74. The van der Waals surface area contributed by atoms with Gasteiger partial charge in [-0.3, -0.25) is 19.2 Å². The van der Waals surface area contributed by atoms with E-state index in [0.717, 1.165) is 0 Å². The van der Waals surface area contributed by atoms with Crippen molar-refractivity contribution in [3.63, 3.8) is 0 Å². The topological polar surface area (TPSA) is 135 Å². The molecule has 10 heteroatoms. The molecule has 184 valence electrons. The Morgan fingerprint density at radius 1 is 0.656 bits per heavy atom. The van der Waals surface area contributed by atoms with Gasteiger partial charge < -0.3 is 28.8 Å². The molecule has 0 spiro atoms. The van der Waals surface area contributed by atoms with E-state index in [1.54, 1.807) is 55.4 Å². The van der Waals surface area contributed by atoms with E-state index in [-0.39, 0.29) is 6.61 Å². The summed E-state index contributed by atoms with van der Waals surface area (Å²) >= 11 is 0. The second-order valence-electron chi connectivity index (χ2n) is 9.02. The summed E-state index contributed by atoms with van der Waals surface area (Å²) in [5.74, 6) is -4.51. The Bertz CT molecular complexity index is 670. The molecule has 1 N–H and O–H groups in total. The normalized spacial score (nSPS) is 25.7. The number of aliphatic hydroxyl groups excluding tert-OH is 1. The van der Waals surface area contributed by atoms with E-state index in [9.17, 15) is 24.3 Å². The number of aliphatic hydroxyl groups is 1. The largest absolute Gasteiger partial charge is 0.463 e. The van der Waals surface area contributed by atoms with Crippen molar-refractivity contribution < 1.29 is 48.0 Å². The van der Waals surface area contributed by atoms with Gasteiger partial charge in [-0.05, 0) is 0 Å². The smallest absolute Gasteiger partial charge is 0.308 e. The molecule has 0 amide bonds. The van der Waals surface area contributed by atoms with Crippen LogP contribution >= 0.6 is 0 Å². The highest BCUT2D eigenvalue weighted by Crippen LogP contribution is 2.29. The molecular formula is C22H36O10. The van der Waals surface area contributed by atoms with Crippen LogP contribution in [0.3, 0.4) is 0 Å². The van der Waals surface area contributed by atoms with Crippen molar-refractivity contribution in [3.05, 3.63) is 0 Å². The van der Waals surface area contributed by atoms with Crippen molar-refractivity contribution in [2.24, 2.45) is 23.7 Å². The first kappa shape index (κ1) is 27.8. The van der Waals surface area contributed by atoms with Crippen LogP contribution in [0, 0.1) is 23.7 Å². The summed E-state index contributed by atoms with van der Waals surface area (Å²) < 4.78 is 27.1. The summed E-state index contributed by atoms with van der Waals surface area (Å²) in [6.07, 6.45) is -6.98. The molecule has 1 rings (SSSR count). The molecule has 0 radical (unpaired) electrons. The van der Waals surface area contributed by atoms with Gasteiger partial charge in [-0.1, -0.05) is 55.4 Å². The summed E-state index contributed by atoms with van der Waals surface area (Å²) in [5.41, 5.74) is 0. The molecule has 10 nitrogen and oxygen atoms in total. The lowest BCUT2D eigenvalue weighted by atomic mass is 9.97. The van der Waals surface area contributed by atoms with Gasteiger partial charge in [-0.15, -0.1) is 0 Å². The number of ether oxygens (including phenoxy) is 5. The fraction of sp³-hybridized carbons (Fsp3) is 0.818. The number of hydrogen-bond donors (Lipinski definition) is 1. The molecule has 0 aromatic heterocycles. The Kier molecular flexibility index (Phi) is 10.6. The molecule has 1 aliphatic heterocycles. The van der Waals surface area contributed by atoms with Crippen LogP contribution in [-0.2, 0) is 42.9 Å². The summed E-state index contributed by atoms with van der Waals surface area (Å²) in [6, 6.07) is 0. The Morgan fingerprint density at radius 3 is 1.44 bits per heavy atom. The Balaban J connectivity index is 3.32. The van der Waals surface area contributed by atoms with Crippen LogP contribution in [-0.4, -0.2) is 66.3 Å². The third-order valence-corrected chi connectivity index (χ3v) is 4.64. The second-order valence-corrected chi connectivity index (χ2v) is 9.02. The molecule has 1 heterocycles. The summed E-state index contributed by atoms with van der Waals surface area (Å²) in [7, 11) is 0. The molecule has 1 aliphatic rings. The van der Waals surface area contributed by atoms with Crippen LogP contribution in [0.2, 0.25) is 0 Å². The maximum absolute atomic E-state index is 12.4. The predicted molar refractivity (Wildman–Crippen MR) is 111 cm³/mol. The molecule has 32 heavy (non-hydrogen) atoms. The lowest BCUT2D eigenvalue weighted by Gasteiger charge is -2.43. The van der Waals surface area contributed by atoms with Gasteiger partial charge in [0.2, 0.25) is 0 Å². The number of carbonyl (C=O) groups excluding carboxylic acids is 4. The van der Waals surface area contributed by atoms with Crippen molar-refractivity contribution in [1.82, 2.24) is 0 Å². The summed E-state index contributed by atoms with van der Waals surface area (Å²) in [5, 5.41) is 10.6. The molecular weight excluding hydrogens is 424 g/mol. The number of rotatable bonds is 9. The fourth-order valence-corrected chi connectivity index (χ4v) is 2.57. The van der Waals surface area contributed by atoms with E-state index in [2.05, 4.69) is 0 Å². The Labute approximate surface area is 188 Å². The van der Waals surface area contributed by atoms with Crippen molar-refractivity contribution in [3.8, 4) is 0 Å². The van der Waals surface area contributed by atoms with Gasteiger partial charge in [-0.25, -0.2) is 0 Å². The van der Waals surface area contributed by atoms with E-state index in [1.165, 1.54) is 0 Å². The van der Waals surface area contributed by atoms with E-state index in [0.29, 0.717) is 0 Å². The van der Waals surface area contributed by atoms with Gasteiger partial charge in [0.25, 0.3) is 0 Å². The Morgan fingerprint density at radius 2 is 1.03 bits per heavy atom. The summed E-state index contributed by atoms with van der Waals surface area (Å²) in [6.45, 7) is 12.5. The van der Waals surface area contributed by atoms with Crippen LogP contribution < -0.4 is 0 Å². The van der Waals surface area contributed by atoms with Crippen LogP contribution in [0.15, 0.2) is 0 Å². The third kappa shape index (κ3) is 7.74. The van der Waals surface area contributed by atoms with Gasteiger partial charge in [0.05, 0.1) is 23.7 Å². The SMILES string of the molecule is CC(C)C(=O)OC[C@H]1OC(O)[C@H](OC(=O)C(C)C)[C@@H](OC(=O)C(C)C)[C@@H]1OC(=O)C(C)C. The minimum atomic E-state index is -1.71. The molecule has 1 unspecified atom stereocenters. The van der Waals surface area contributed by atoms with E-state index < -0.39 is 78.3 Å². The standard InChI is InChI=1S/C22H36O10/c1-10(2)18(23)28-9-14-15(30-19(24)11(3)4)16(31-20(25)12(5)6)17(22(27)29-14)32-21(26)13(7)8/h10-17,22,27H,9H2,1-8H3/t14-,15-,16+,17-,22?/m1/s1. The second kappa shape index (κ2) is 12.2. The maximum atomic E-state index is 12.4. The van der Waals surface area contributed by atoms with Crippen molar-refractivity contribution in [2.75, 3.05) is 6.61 Å². The molecule has 1 saturated heterocycles. The van der Waals surface area contributed by atoms with Gasteiger partial charge in [0.1, 0.15) is 12.7 Å². The first-order valence-corrected chi connectivity index (χ1v) is 10.9. The third-order valence-electron chi connectivity index (χ3n) is 4.64. The minimum absolute atomic E-state index is 0.370. The zero-order chi connectivity index (χ0) is 24.7. The molecule has 1 fully saturated rings. The molecule has 0 saturated carbocycles. The van der Waals surface area contributed by atoms with Crippen molar-refractivity contribution in [2.45, 2.75) is 86.1 Å². The van der Waals surface area contributed by atoms with Crippen LogP contribution in [0.5, 0.6) is 0 Å². The minimum Gasteiger partial charge on any atom is -0.463 e. The number of hydrogen-bond acceptors (Lipinski definition) is 10. The van der Waals surface area contributed by atoms with Gasteiger partial charge in [-0.2, -0.15) is 0 Å². The molecule has 0 bridgehead atoms. The highest BCUT2D eigenvalue weighted by Gasteiger charge is 2.52. The number of carbonyl (C=O) groups is 4. The lowest BCUT2D eigenvalue weighted by Crippen LogP contribution is -2.63. The average Bonchev–Trinajstić information content (AvgIpc) is 2.69. The van der Waals surface area contributed by atoms with Crippen molar-refractivity contribution >= 4 is 23.9 Å². The zero-order valence-electron chi connectivity index (χ0n) is 20.0. The molecule has 0 aromatic carbocycles. The maximum Gasteiger partial charge on any atom is 0.308 e. The van der Waals surface area contributed by atoms with Crippen molar-refractivity contribution in [1.29, 1.82) is 0 Å². The zero-order valence-corrected chi connectivity index (χ0v) is 20.0. The van der Waals surface area contributed by atoms with E-state index >= 15 is 0 Å². The van der Waals surface area contributed by atoms with Crippen LogP contribution in [0.4, 0.5) is 0 Å². The first-order chi connectivity index (χ1) is 14.8. The molecule has 0 aliphatic carbocycles. The summed E-state index contributed by atoms with van der Waals surface area (Å²) in [4.78, 5) is 48.9. The van der Waals surface area contributed by atoms with Gasteiger partial charge >= 0.3 is 23.9 Å². The lowest BCUT2D eigenvalue weighted by molar-refractivity contribution is -0.298. The molecule has 5 atom stereocenters. The fourth-order valence-electron chi connectivity index (χ4n) is 2.57. The monoisotopic (exact) mass is 460 g/mol. The predicted octanol–water partition coefficient (Wildman–Crippen LogP) is 1.61. The first-order valence-electron chi connectivity index (χ1n) is 10.9. The van der Waals surface area contributed by atoms with E-state index in [4.69, 9.17) is 23.7 Å². The van der Waals surface area contributed by atoms with E-state index in [1.807, 2.05) is 0 Å². The van der Waals surface area contributed by atoms with Gasteiger partial charge in [0, 0.05) is 0 Å². The van der Waals surface area contributed by atoms with Crippen LogP contribution in [0.1, 0.15) is 55.4 Å². The quantitative estimate of drug-likeness (QED) is 0.399.